The highest BCUT2D eigenvalue weighted by Gasteiger charge is 2.29. The Labute approximate surface area is 194 Å². The van der Waals surface area contributed by atoms with Crippen LogP contribution in [-0.2, 0) is 14.8 Å². The van der Waals surface area contributed by atoms with E-state index in [4.69, 9.17) is 4.74 Å². The lowest BCUT2D eigenvalue weighted by atomic mass is 9.97. The van der Waals surface area contributed by atoms with Crippen LogP contribution >= 0.6 is 0 Å². The normalized spacial score (nSPS) is 15.6. The van der Waals surface area contributed by atoms with Crippen LogP contribution in [0.25, 0.3) is 16.8 Å². The highest BCUT2D eigenvalue weighted by molar-refractivity contribution is 7.92. The van der Waals surface area contributed by atoms with Gasteiger partial charge in [-0.05, 0) is 47.4 Å². The van der Waals surface area contributed by atoms with E-state index in [0.717, 1.165) is 22.1 Å². The first-order chi connectivity index (χ1) is 16.0. The van der Waals surface area contributed by atoms with Gasteiger partial charge in [0.15, 0.2) is 0 Å². The van der Waals surface area contributed by atoms with Crippen LogP contribution in [0.5, 0.6) is 5.75 Å². The minimum atomic E-state index is -3.50. The van der Waals surface area contributed by atoms with Crippen LogP contribution < -0.4 is 10.1 Å². The molecular weight excluding hydrogens is 436 g/mol. The number of carbonyl (C=O) groups is 1. The molecule has 0 bridgehead atoms. The molecule has 1 saturated heterocycles. The fourth-order valence-electron chi connectivity index (χ4n) is 3.93. The predicted molar refractivity (Wildman–Crippen MR) is 131 cm³/mol. The molecule has 3 aromatic carbocycles. The van der Waals surface area contributed by atoms with E-state index in [1.807, 2.05) is 66.7 Å². The number of rotatable bonds is 8. The number of piperidine rings is 1. The van der Waals surface area contributed by atoms with E-state index in [1.165, 1.54) is 9.71 Å². The molecule has 0 atom stereocenters. The standard InChI is InChI=1S/C26H28N2O4S/c29-26(27-15-18-32-25-11-10-22-8-4-5-9-24(22)20-25)23-12-16-28(17-13-23)33(30,31)19-14-21-6-2-1-3-7-21/h1-11,14,19-20,23H,12-13,15-18H2,(H,27,29). The molecule has 4 rings (SSSR count). The van der Waals surface area contributed by atoms with E-state index in [1.54, 1.807) is 6.08 Å². The number of sulfonamides is 1. The zero-order valence-electron chi connectivity index (χ0n) is 18.4. The zero-order chi connectivity index (χ0) is 23.1. The van der Waals surface area contributed by atoms with Gasteiger partial charge in [-0.2, -0.15) is 4.31 Å². The summed E-state index contributed by atoms with van der Waals surface area (Å²) in [5.74, 6) is 0.536. The Morgan fingerprint density at radius 2 is 1.67 bits per heavy atom. The van der Waals surface area contributed by atoms with Gasteiger partial charge in [0, 0.05) is 24.4 Å². The van der Waals surface area contributed by atoms with Crippen molar-refractivity contribution in [1.82, 2.24) is 9.62 Å². The van der Waals surface area contributed by atoms with Crippen molar-refractivity contribution in [1.29, 1.82) is 0 Å². The SMILES string of the molecule is O=C(NCCOc1ccc2ccccc2c1)C1CCN(S(=O)(=O)C=Cc2ccccc2)CC1. The van der Waals surface area contributed by atoms with E-state index in [0.29, 0.717) is 39.1 Å². The second-order valence-corrected chi connectivity index (χ2v) is 9.90. The Morgan fingerprint density at radius 3 is 2.42 bits per heavy atom. The molecule has 0 spiro atoms. The Morgan fingerprint density at radius 1 is 0.970 bits per heavy atom. The summed E-state index contributed by atoms with van der Waals surface area (Å²) in [6, 6.07) is 23.3. The first kappa shape index (κ1) is 23.0. The average molecular weight is 465 g/mol. The lowest BCUT2D eigenvalue weighted by molar-refractivity contribution is -0.126. The van der Waals surface area contributed by atoms with Gasteiger partial charge in [-0.3, -0.25) is 4.79 Å². The molecule has 0 unspecified atom stereocenters. The highest BCUT2D eigenvalue weighted by Crippen LogP contribution is 2.22. The van der Waals surface area contributed by atoms with Gasteiger partial charge in [0.2, 0.25) is 15.9 Å². The van der Waals surface area contributed by atoms with E-state index in [-0.39, 0.29) is 11.8 Å². The molecular formula is C26H28N2O4S. The van der Waals surface area contributed by atoms with Gasteiger partial charge in [0.1, 0.15) is 12.4 Å². The smallest absolute Gasteiger partial charge is 0.236 e. The maximum atomic E-state index is 12.6. The number of ether oxygens (including phenoxy) is 1. The van der Waals surface area contributed by atoms with Gasteiger partial charge in [0.25, 0.3) is 0 Å². The number of amides is 1. The van der Waals surface area contributed by atoms with Gasteiger partial charge >= 0.3 is 0 Å². The van der Waals surface area contributed by atoms with E-state index < -0.39 is 10.0 Å². The van der Waals surface area contributed by atoms with E-state index in [2.05, 4.69) is 11.4 Å². The second-order valence-electron chi connectivity index (χ2n) is 8.08. The van der Waals surface area contributed by atoms with Crippen LogP contribution in [0.2, 0.25) is 0 Å². The molecule has 0 radical (unpaired) electrons. The van der Waals surface area contributed by atoms with Crippen molar-refractivity contribution >= 4 is 32.8 Å². The number of nitrogens with one attached hydrogen (secondary N) is 1. The second kappa shape index (κ2) is 10.6. The van der Waals surface area contributed by atoms with Gasteiger partial charge in [-0.1, -0.05) is 60.7 Å². The van der Waals surface area contributed by atoms with E-state index >= 15 is 0 Å². The quantitative estimate of drug-likeness (QED) is 0.511. The summed E-state index contributed by atoms with van der Waals surface area (Å²) in [6.45, 7) is 1.46. The van der Waals surface area contributed by atoms with Crippen molar-refractivity contribution in [3.05, 3.63) is 83.8 Å². The molecule has 6 nitrogen and oxygen atoms in total. The van der Waals surface area contributed by atoms with Gasteiger partial charge in [-0.15, -0.1) is 0 Å². The molecule has 0 aliphatic carbocycles. The van der Waals surface area contributed by atoms with Crippen molar-refractivity contribution in [2.24, 2.45) is 5.92 Å². The van der Waals surface area contributed by atoms with Crippen molar-refractivity contribution in [3.63, 3.8) is 0 Å². The summed E-state index contributed by atoms with van der Waals surface area (Å²) in [6.07, 6.45) is 2.62. The maximum Gasteiger partial charge on any atom is 0.236 e. The van der Waals surface area contributed by atoms with Crippen molar-refractivity contribution in [2.75, 3.05) is 26.2 Å². The lowest BCUT2D eigenvalue weighted by Crippen LogP contribution is -2.43. The minimum absolute atomic E-state index is 0.0472. The minimum Gasteiger partial charge on any atom is -0.492 e. The maximum absolute atomic E-state index is 12.6. The Kier molecular flexibility index (Phi) is 7.42. The molecule has 1 heterocycles. The molecule has 1 amide bonds. The third kappa shape index (κ3) is 6.21. The largest absolute Gasteiger partial charge is 0.492 e. The molecule has 0 saturated carbocycles. The number of benzene rings is 3. The zero-order valence-corrected chi connectivity index (χ0v) is 19.2. The fraction of sp³-hybridized carbons (Fsp3) is 0.269. The Bertz CT molecular complexity index is 1220. The summed E-state index contributed by atoms with van der Waals surface area (Å²) in [5, 5.41) is 6.42. The lowest BCUT2D eigenvalue weighted by Gasteiger charge is -2.29. The summed E-state index contributed by atoms with van der Waals surface area (Å²) in [4.78, 5) is 12.5. The molecule has 1 fully saturated rings. The van der Waals surface area contributed by atoms with Crippen LogP contribution in [0.1, 0.15) is 18.4 Å². The van der Waals surface area contributed by atoms with Crippen LogP contribution in [0, 0.1) is 5.92 Å². The first-order valence-electron chi connectivity index (χ1n) is 11.1. The molecule has 7 heteroatoms. The topological polar surface area (TPSA) is 75.7 Å². The van der Waals surface area contributed by atoms with Gasteiger partial charge < -0.3 is 10.1 Å². The average Bonchev–Trinajstić information content (AvgIpc) is 2.86. The molecule has 0 aromatic heterocycles. The fourth-order valence-corrected chi connectivity index (χ4v) is 5.15. The first-order valence-corrected chi connectivity index (χ1v) is 12.6. The number of hydrogen-bond donors (Lipinski definition) is 1. The van der Waals surface area contributed by atoms with Gasteiger partial charge in [0.05, 0.1) is 6.54 Å². The number of fused-ring (bicyclic) bond motifs is 1. The number of hydrogen-bond acceptors (Lipinski definition) is 4. The molecule has 172 valence electrons. The predicted octanol–water partition coefficient (Wildman–Crippen LogP) is 4.05. The van der Waals surface area contributed by atoms with Crippen LogP contribution in [-0.4, -0.2) is 44.9 Å². The summed E-state index contributed by atoms with van der Waals surface area (Å²) < 4.78 is 32.4. The number of nitrogens with zero attached hydrogens (tertiary/aromatic N) is 1. The molecule has 1 aliphatic rings. The number of carbonyl (C=O) groups excluding carboxylic acids is 1. The van der Waals surface area contributed by atoms with Crippen LogP contribution in [0.3, 0.4) is 0 Å². The Hall–Kier alpha value is -3.16. The summed E-state index contributed by atoms with van der Waals surface area (Å²) in [5.41, 5.74) is 0.834. The van der Waals surface area contributed by atoms with Crippen LogP contribution in [0.4, 0.5) is 0 Å². The third-order valence-corrected chi connectivity index (χ3v) is 7.37. The monoisotopic (exact) mass is 464 g/mol. The van der Waals surface area contributed by atoms with Crippen molar-refractivity contribution < 1.29 is 17.9 Å². The Balaban J connectivity index is 1.20. The molecule has 3 aromatic rings. The van der Waals surface area contributed by atoms with Crippen molar-refractivity contribution in [3.8, 4) is 5.75 Å². The van der Waals surface area contributed by atoms with Gasteiger partial charge in [-0.25, -0.2) is 8.42 Å². The van der Waals surface area contributed by atoms with Crippen molar-refractivity contribution in [2.45, 2.75) is 12.8 Å². The highest BCUT2D eigenvalue weighted by atomic mass is 32.2. The van der Waals surface area contributed by atoms with E-state index in [9.17, 15) is 13.2 Å². The molecule has 33 heavy (non-hydrogen) atoms. The third-order valence-electron chi connectivity index (χ3n) is 5.81. The molecule has 1 aliphatic heterocycles. The summed E-state index contributed by atoms with van der Waals surface area (Å²) >= 11 is 0. The molecule has 1 N–H and O–H groups in total. The van der Waals surface area contributed by atoms with Crippen LogP contribution in [0.15, 0.2) is 78.2 Å². The summed E-state index contributed by atoms with van der Waals surface area (Å²) in [7, 11) is -3.50.